The quantitative estimate of drug-likeness (QED) is 0.817. The highest BCUT2D eigenvalue weighted by molar-refractivity contribution is 5.74. The predicted molar refractivity (Wildman–Crippen MR) is 67.1 cm³/mol. The maximum Gasteiger partial charge on any atom is 0.317 e. The van der Waals surface area contributed by atoms with Gasteiger partial charge in [-0.15, -0.1) is 0 Å². The minimum absolute atomic E-state index is 0.0246. The van der Waals surface area contributed by atoms with Gasteiger partial charge < -0.3 is 15.3 Å². The third-order valence-corrected chi connectivity index (χ3v) is 3.28. The van der Waals surface area contributed by atoms with Crippen molar-refractivity contribution in [2.45, 2.75) is 31.8 Å². The number of nitrogens with zero attached hydrogens (tertiary/aromatic N) is 3. The van der Waals surface area contributed by atoms with Crippen LogP contribution in [0.25, 0.3) is 0 Å². The van der Waals surface area contributed by atoms with Crippen LogP contribution in [-0.4, -0.2) is 51.6 Å². The molecule has 0 aliphatic carbocycles. The minimum Gasteiger partial charge on any atom is -0.394 e. The Hall–Kier alpha value is -1.56. The van der Waals surface area contributed by atoms with Crippen molar-refractivity contribution >= 4 is 6.03 Å². The van der Waals surface area contributed by atoms with Gasteiger partial charge in [0.15, 0.2) is 0 Å². The van der Waals surface area contributed by atoms with Crippen LogP contribution >= 0.6 is 0 Å². The SMILES string of the molecule is O=C(NCCn1cccn1)N1CCCCC1CO. The Labute approximate surface area is 107 Å². The van der Waals surface area contributed by atoms with Crippen LogP contribution in [0.5, 0.6) is 0 Å². The Balaban J connectivity index is 1.76. The van der Waals surface area contributed by atoms with E-state index in [9.17, 15) is 9.90 Å². The first-order valence-electron chi connectivity index (χ1n) is 6.44. The Kier molecular flexibility index (Phi) is 4.58. The van der Waals surface area contributed by atoms with E-state index >= 15 is 0 Å². The lowest BCUT2D eigenvalue weighted by Crippen LogP contribution is -2.50. The van der Waals surface area contributed by atoms with Crippen LogP contribution in [-0.2, 0) is 6.54 Å². The molecule has 1 atom stereocenters. The summed E-state index contributed by atoms with van der Waals surface area (Å²) in [5, 5.41) is 16.2. The van der Waals surface area contributed by atoms with E-state index in [1.807, 2.05) is 12.3 Å². The molecule has 100 valence electrons. The number of aromatic nitrogens is 2. The molecule has 0 radical (unpaired) electrons. The average Bonchev–Trinajstić information content (AvgIpc) is 2.91. The number of hydrogen-bond donors (Lipinski definition) is 2. The van der Waals surface area contributed by atoms with Crippen molar-refractivity contribution in [1.29, 1.82) is 0 Å². The molecule has 6 heteroatoms. The van der Waals surface area contributed by atoms with Gasteiger partial charge in [0.2, 0.25) is 0 Å². The first-order chi connectivity index (χ1) is 8.81. The molecule has 1 aromatic heterocycles. The summed E-state index contributed by atoms with van der Waals surface area (Å²) < 4.78 is 1.78. The number of amides is 2. The lowest BCUT2D eigenvalue weighted by molar-refractivity contribution is 0.108. The summed E-state index contributed by atoms with van der Waals surface area (Å²) in [6, 6.07) is 1.75. The normalized spacial score (nSPS) is 19.8. The van der Waals surface area contributed by atoms with Crippen molar-refractivity contribution in [2.75, 3.05) is 19.7 Å². The van der Waals surface area contributed by atoms with Crippen molar-refractivity contribution in [3.05, 3.63) is 18.5 Å². The maximum absolute atomic E-state index is 12.0. The van der Waals surface area contributed by atoms with Gasteiger partial charge in [0.25, 0.3) is 0 Å². The molecule has 0 bridgehead atoms. The zero-order valence-corrected chi connectivity index (χ0v) is 10.5. The highest BCUT2D eigenvalue weighted by Gasteiger charge is 2.25. The van der Waals surface area contributed by atoms with Gasteiger partial charge >= 0.3 is 6.03 Å². The Morgan fingerprint density at radius 1 is 1.50 bits per heavy atom. The number of likely N-dealkylation sites (tertiary alicyclic amines) is 1. The molecule has 1 aliphatic rings. The number of urea groups is 1. The monoisotopic (exact) mass is 252 g/mol. The number of rotatable bonds is 4. The second-order valence-corrected chi connectivity index (χ2v) is 4.53. The highest BCUT2D eigenvalue weighted by atomic mass is 16.3. The summed E-state index contributed by atoms with van der Waals surface area (Å²) >= 11 is 0. The summed E-state index contributed by atoms with van der Waals surface area (Å²) in [6.45, 7) is 2.00. The molecular formula is C12H20N4O2. The molecule has 2 N–H and O–H groups in total. The smallest absolute Gasteiger partial charge is 0.317 e. The van der Waals surface area contributed by atoms with Gasteiger partial charge in [0, 0.05) is 25.5 Å². The van der Waals surface area contributed by atoms with Crippen molar-refractivity contribution in [3.63, 3.8) is 0 Å². The fourth-order valence-electron chi connectivity index (χ4n) is 2.27. The van der Waals surface area contributed by atoms with Gasteiger partial charge in [-0.2, -0.15) is 5.10 Å². The molecule has 2 amide bonds. The van der Waals surface area contributed by atoms with E-state index in [0.717, 1.165) is 25.8 Å². The summed E-state index contributed by atoms with van der Waals surface area (Å²) in [5.41, 5.74) is 0. The first kappa shape index (κ1) is 12.9. The van der Waals surface area contributed by atoms with Crippen LogP contribution in [0, 0.1) is 0 Å². The first-order valence-corrected chi connectivity index (χ1v) is 6.44. The largest absolute Gasteiger partial charge is 0.394 e. The van der Waals surface area contributed by atoms with Gasteiger partial charge in [-0.05, 0) is 25.3 Å². The summed E-state index contributed by atoms with van der Waals surface area (Å²) in [4.78, 5) is 13.7. The van der Waals surface area contributed by atoms with Gasteiger partial charge in [-0.25, -0.2) is 4.79 Å². The van der Waals surface area contributed by atoms with Crippen LogP contribution in [0.3, 0.4) is 0 Å². The molecule has 1 aliphatic heterocycles. The zero-order chi connectivity index (χ0) is 12.8. The molecule has 18 heavy (non-hydrogen) atoms. The van der Waals surface area contributed by atoms with Gasteiger partial charge in [-0.3, -0.25) is 4.68 Å². The van der Waals surface area contributed by atoms with E-state index in [4.69, 9.17) is 0 Å². The number of carbonyl (C=O) groups excluding carboxylic acids is 1. The van der Waals surface area contributed by atoms with E-state index in [1.54, 1.807) is 15.8 Å². The molecule has 0 spiro atoms. The molecule has 1 saturated heterocycles. The van der Waals surface area contributed by atoms with E-state index in [0.29, 0.717) is 13.1 Å². The molecule has 0 saturated carbocycles. The number of hydrogen-bond acceptors (Lipinski definition) is 3. The molecular weight excluding hydrogens is 232 g/mol. The Morgan fingerprint density at radius 2 is 2.39 bits per heavy atom. The van der Waals surface area contributed by atoms with Crippen LogP contribution in [0.15, 0.2) is 18.5 Å². The standard InChI is InChI=1S/C12H20N4O2/c17-10-11-4-1-2-8-16(11)12(18)13-6-9-15-7-3-5-14-15/h3,5,7,11,17H,1-2,4,6,8-10H2,(H,13,18). The van der Waals surface area contributed by atoms with Gasteiger partial charge in [0.1, 0.15) is 0 Å². The summed E-state index contributed by atoms with van der Waals surface area (Å²) in [6.07, 6.45) is 6.58. The second kappa shape index (κ2) is 6.39. The van der Waals surface area contributed by atoms with Gasteiger partial charge in [0.05, 0.1) is 19.2 Å². The fourth-order valence-corrected chi connectivity index (χ4v) is 2.27. The molecule has 6 nitrogen and oxygen atoms in total. The number of carbonyl (C=O) groups is 1. The molecule has 1 fully saturated rings. The second-order valence-electron chi connectivity index (χ2n) is 4.53. The highest BCUT2D eigenvalue weighted by Crippen LogP contribution is 2.16. The van der Waals surface area contributed by atoms with Crippen molar-refractivity contribution in [1.82, 2.24) is 20.0 Å². The zero-order valence-electron chi connectivity index (χ0n) is 10.5. The molecule has 2 rings (SSSR count). The fraction of sp³-hybridized carbons (Fsp3) is 0.667. The topological polar surface area (TPSA) is 70.4 Å². The van der Waals surface area contributed by atoms with E-state index in [2.05, 4.69) is 10.4 Å². The summed E-state index contributed by atoms with van der Waals surface area (Å²) in [7, 11) is 0. The number of aliphatic hydroxyl groups is 1. The third kappa shape index (κ3) is 3.22. The van der Waals surface area contributed by atoms with Crippen molar-refractivity contribution in [2.24, 2.45) is 0 Å². The Bertz CT molecular complexity index is 366. The molecule has 0 aromatic carbocycles. The van der Waals surface area contributed by atoms with Crippen LogP contribution in [0.4, 0.5) is 4.79 Å². The number of aliphatic hydroxyl groups excluding tert-OH is 1. The number of nitrogens with one attached hydrogen (secondary N) is 1. The predicted octanol–water partition coefficient (Wildman–Crippen LogP) is 0.439. The molecule has 1 aromatic rings. The molecule has 1 unspecified atom stereocenters. The number of piperidine rings is 1. The minimum atomic E-state index is -0.0825. The average molecular weight is 252 g/mol. The van der Waals surface area contributed by atoms with Crippen molar-refractivity contribution < 1.29 is 9.90 Å². The Morgan fingerprint density at radius 3 is 3.11 bits per heavy atom. The van der Waals surface area contributed by atoms with Crippen LogP contribution < -0.4 is 5.32 Å². The third-order valence-electron chi connectivity index (χ3n) is 3.28. The van der Waals surface area contributed by atoms with Gasteiger partial charge in [-0.1, -0.05) is 0 Å². The maximum atomic E-state index is 12.0. The summed E-state index contributed by atoms with van der Waals surface area (Å²) in [5.74, 6) is 0. The van der Waals surface area contributed by atoms with E-state index in [1.165, 1.54) is 0 Å². The van der Waals surface area contributed by atoms with Crippen LogP contribution in [0.1, 0.15) is 19.3 Å². The van der Waals surface area contributed by atoms with E-state index in [-0.39, 0.29) is 18.7 Å². The van der Waals surface area contributed by atoms with E-state index < -0.39 is 0 Å². The van der Waals surface area contributed by atoms with Crippen LogP contribution in [0.2, 0.25) is 0 Å². The lowest BCUT2D eigenvalue weighted by atomic mass is 10.0. The van der Waals surface area contributed by atoms with Crippen molar-refractivity contribution in [3.8, 4) is 0 Å². The molecule has 2 heterocycles. The lowest BCUT2D eigenvalue weighted by Gasteiger charge is -2.34.